The first-order valence-corrected chi connectivity index (χ1v) is 7.84. The molecule has 0 aromatic heterocycles. The number of thioether (sulfide) groups is 2. The lowest BCUT2D eigenvalue weighted by Gasteiger charge is -2.18. The summed E-state index contributed by atoms with van der Waals surface area (Å²) in [6.45, 7) is 3.57. The zero-order valence-corrected chi connectivity index (χ0v) is 13.2. The number of carbonyl (C=O) groups is 2. The Labute approximate surface area is 122 Å². The fourth-order valence-electron chi connectivity index (χ4n) is 1.62. The topological polar surface area (TPSA) is 52.6 Å². The van der Waals surface area contributed by atoms with Crippen LogP contribution in [-0.2, 0) is 19.1 Å². The molecular formula is C13H18O4S2. The van der Waals surface area contributed by atoms with Crippen LogP contribution in [0.4, 0.5) is 0 Å². The summed E-state index contributed by atoms with van der Waals surface area (Å²) in [7, 11) is 2.63. The van der Waals surface area contributed by atoms with Crippen LogP contribution in [0, 0.1) is 0 Å². The van der Waals surface area contributed by atoms with Gasteiger partial charge in [0.25, 0.3) is 0 Å². The third kappa shape index (κ3) is 4.04. The first-order valence-electron chi connectivity index (χ1n) is 5.87. The van der Waals surface area contributed by atoms with Crippen LogP contribution in [-0.4, -0.2) is 37.7 Å². The molecule has 106 valence electrons. The van der Waals surface area contributed by atoms with Crippen molar-refractivity contribution in [3.05, 3.63) is 21.0 Å². The van der Waals surface area contributed by atoms with Crippen LogP contribution in [0.15, 0.2) is 21.0 Å². The second kappa shape index (κ2) is 7.65. The zero-order valence-electron chi connectivity index (χ0n) is 11.6. The van der Waals surface area contributed by atoms with Gasteiger partial charge in [-0.3, -0.25) is 0 Å². The molecule has 1 heterocycles. The second-order valence-electron chi connectivity index (χ2n) is 4.07. The van der Waals surface area contributed by atoms with Gasteiger partial charge in [-0.1, -0.05) is 5.57 Å². The number of allylic oxidation sites excluding steroid dienone is 1. The Bertz CT molecular complexity index is 426. The average molecular weight is 302 g/mol. The summed E-state index contributed by atoms with van der Waals surface area (Å²) in [6, 6.07) is 0. The van der Waals surface area contributed by atoms with E-state index in [-0.39, 0.29) is 0 Å². The van der Waals surface area contributed by atoms with Crippen LogP contribution in [0.2, 0.25) is 0 Å². The minimum atomic E-state index is -0.500. The van der Waals surface area contributed by atoms with E-state index < -0.39 is 11.9 Å². The van der Waals surface area contributed by atoms with Gasteiger partial charge in [-0.25, -0.2) is 9.59 Å². The molecule has 1 aliphatic rings. The van der Waals surface area contributed by atoms with Crippen LogP contribution in [0.1, 0.15) is 20.3 Å². The second-order valence-corrected chi connectivity index (χ2v) is 6.54. The van der Waals surface area contributed by atoms with Crippen molar-refractivity contribution >= 4 is 35.5 Å². The molecule has 0 aromatic rings. The van der Waals surface area contributed by atoms with Crippen LogP contribution in [0.3, 0.4) is 0 Å². The van der Waals surface area contributed by atoms with Crippen LogP contribution in [0.25, 0.3) is 0 Å². The first kappa shape index (κ1) is 16.2. The van der Waals surface area contributed by atoms with Crippen LogP contribution in [0.5, 0.6) is 0 Å². The molecule has 0 radical (unpaired) electrons. The van der Waals surface area contributed by atoms with Crippen molar-refractivity contribution in [2.45, 2.75) is 20.3 Å². The molecule has 4 nitrogen and oxygen atoms in total. The number of carbonyl (C=O) groups excluding carboxylic acids is 2. The molecule has 0 spiro atoms. The highest BCUT2D eigenvalue weighted by Gasteiger charge is 2.28. The maximum Gasteiger partial charge on any atom is 0.340 e. The lowest BCUT2D eigenvalue weighted by Crippen LogP contribution is -2.18. The van der Waals surface area contributed by atoms with E-state index in [1.165, 1.54) is 14.2 Å². The largest absolute Gasteiger partial charge is 0.465 e. The molecule has 0 unspecified atom stereocenters. The number of ether oxygens (including phenoxy) is 2. The molecule has 1 aliphatic heterocycles. The van der Waals surface area contributed by atoms with Gasteiger partial charge in [0, 0.05) is 0 Å². The van der Waals surface area contributed by atoms with Gasteiger partial charge < -0.3 is 9.47 Å². The molecule has 1 rings (SSSR count). The number of hydrogen-bond donors (Lipinski definition) is 0. The molecule has 0 aromatic carbocycles. The van der Waals surface area contributed by atoms with Crippen molar-refractivity contribution in [3.8, 4) is 0 Å². The minimum absolute atomic E-state index is 0.311. The van der Waals surface area contributed by atoms with Crippen molar-refractivity contribution in [1.82, 2.24) is 0 Å². The summed E-state index contributed by atoms with van der Waals surface area (Å²) in [5.74, 6) is 0.901. The maximum atomic E-state index is 12.0. The van der Waals surface area contributed by atoms with Crippen molar-refractivity contribution in [2.24, 2.45) is 0 Å². The summed E-state index contributed by atoms with van der Waals surface area (Å²) in [6.07, 6.45) is 1.09. The van der Waals surface area contributed by atoms with Gasteiger partial charge >= 0.3 is 11.9 Å². The van der Waals surface area contributed by atoms with Gasteiger partial charge in [-0.05, 0) is 31.8 Å². The molecule has 0 bridgehead atoms. The Balaban J connectivity index is 3.34. The predicted molar refractivity (Wildman–Crippen MR) is 79.0 cm³/mol. The highest BCUT2D eigenvalue weighted by molar-refractivity contribution is 8.22. The van der Waals surface area contributed by atoms with E-state index in [1.54, 1.807) is 37.4 Å². The van der Waals surface area contributed by atoms with E-state index >= 15 is 0 Å². The summed E-state index contributed by atoms with van der Waals surface area (Å²) in [4.78, 5) is 23.9. The quantitative estimate of drug-likeness (QED) is 0.590. The number of esters is 2. The Kier molecular flexibility index (Phi) is 6.51. The Morgan fingerprint density at radius 2 is 1.53 bits per heavy atom. The monoisotopic (exact) mass is 302 g/mol. The molecule has 0 N–H and O–H groups in total. The number of rotatable bonds is 3. The molecule has 6 heteroatoms. The Hall–Kier alpha value is -0.880. The van der Waals surface area contributed by atoms with Gasteiger partial charge in [0.05, 0.1) is 29.6 Å². The fourth-order valence-corrected chi connectivity index (χ4v) is 4.25. The van der Waals surface area contributed by atoms with E-state index in [4.69, 9.17) is 9.47 Å². The fraction of sp³-hybridized carbons (Fsp3) is 0.538. The minimum Gasteiger partial charge on any atom is -0.465 e. The van der Waals surface area contributed by atoms with Crippen LogP contribution < -0.4 is 0 Å². The van der Waals surface area contributed by atoms with Crippen LogP contribution >= 0.6 is 23.5 Å². The van der Waals surface area contributed by atoms with E-state index in [0.29, 0.717) is 11.1 Å². The molecule has 1 fully saturated rings. The standard InChI is InChI=1S/C13H18O4S2/c1-8(2)9(11(14)16-3)10(12(15)17-4)13-18-6-5-7-19-13/h5-7H2,1-4H3. The summed E-state index contributed by atoms with van der Waals surface area (Å²) in [5, 5.41) is 0. The predicted octanol–water partition coefficient (Wildman–Crippen LogP) is 2.75. The summed E-state index contributed by atoms with van der Waals surface area (Å²) >= 11 is 3.18. The first-order chi connectivity index (χ1) is 9.02. The number of methoxy groups -OCH3 is 2. The molecular weight excluding hydrogens is 284 g/mol. The van der Waals surface area contributed by atoms with Gasteiger partial charge in [0.2, 0.25) is 0 Å². The van der Waals surface area contributed by atoms with Gasteiger partial charge in [0.15, 0.2) is 0 Å². The SMILES string of the molecule is COC(=O)C(=C(C)C)C(C(=O)OC)=C1SCCCS1. The zero-order chi connectivity index (χ0) is 14.4. The van der Waals surface area contributed by atoms with Crippen molar-refractivity contribution in [2.75, 3.05) is 25.7 Å². The summed E-state index contributed by atoms with van der Waals surface area (Å²) < 4.78 is 10.5. The van der Waals surface area contributed by atoms with Crippen molar-refractivity contribution in [1.29, 1.82) is 0 Å². The maximum absolute atomic E-state index is 12.0. The Morgan fingerprint density at radius 3 is 1.95 bits per heavy atom. The molecule has 0 aliphatic carbocycles. The highest BCUT2D eigenvalue weighted by atomic mass is 32.2. The highest BCUT2D eigenvalue weighted by Crippen LogP contribution is 2.40. The molecule has 0 amide bonds. The third-order valence-corrected chi connectivity index (χ3v) is 5.11. The molecule has 0 atom stereocenters. The van der Waals surface area contributed by atoms with E-state index in [0.717, 1.165) is 27.7 Å². The van der Waals surface area contributed by atoms with E-state index in [2.05, 4.69) is 0 Å². The third-order valence-electron chi connectivity index (χ3n) is 2.49. The molecule has 1 saturated heterocycles. The smallest absolute Gasteiger partial charge is 0.340 e. The van der Waals surface area contributed by atoms with Gasteiger partial charge in [-0.15, -0.1) is 23.5 Å². The average Bonchev–Trinajstić information content (AvgIpc) is 2.43. The van der Waals surface area contributed by atoms with Gasteiger partial charge in [0.1, 0.15) is 0 Å². The lowest BCUT2D eigenvalue weighted by molar-refractivity contribution is -0.139. The number of hydrogen-bond acceptors (Lipinski definition) is 6. The normalized spacial score (nSPS) is 14.6. The lowest BCUT2D eigenvalue weighted by atomic mass is 10.0. The summed E-state index contributed by atoms with van der Waals surface area (Å²) in [5.41, 5.74) is 1.39. The van der Waals surface area contributed by atoms with E-state index in [9.17, 15) is 9.59 Å². The molecule has 19 heavy (non-hydrogen) atoms. The van der Waals surface area contributed by atoms with Crippen molar-refractivity contribution in [3.63, 3.8) is 0 Å². The van der Waals surface area contributed by atoms with Crippen molar-refractivity contribution < 1.29 is 19.1 Å². The Morgan fingerprint density at radius 1 is 1.00 bits per heavy atom. The van der Waals surface area contributed by atoms with E-state index in [1.807, 2.05) is 0 Å². The van der Waals surface area contributed by atoms with Gasteiger partial charge in [-0.2, -0.15) is 0 Å². The molecule has 0 saturated carbocycles.